The molecular formula is C16H17N3O. The van der Waals surface area contributed by atoms with E-state index < -0.39 is 0 Å². The molecule has 0 unspecified atom stereocenters. The van der Waals surface area contributed by atoms with Gasteiger partial charge >= 0.3 is 0 Å². The van der Waals surface area contributed by atoms with Crippen molar-refractivity contribution in [1.29, 1.82) is 0 Å². The van der Waals surface area contributed by atoms with Gasteiger partial charge in [-0.25, -0.2) is 4.98 Å². The van der Waals surface area contributed by atoms with Crippen LogP contribution in [0.3, 0.4) is 0 Å². The number of carbonyl (C=O) groups excluding carboxylic acids is 1. The highest BCUT2D eigenvalue weighted by molar-refractivity contribution is 6.04. The number of rotatable bonds is 5. The zero-order valence-electron chi connectivity index (χ0n) is 11.4. The Labute approximate surface area is 118 Å². The Morgan fingerprint density at radius 1 is 1.30 bits per heavy atom. The fourth-order valence-corrected chi connectivity index (χ4v) is 1.77. The lowest BCUT2D eigenvalue weighted by Gasteiger charge is -2.08. The Hall–Kier alpha value is -2.62. The molecule has 0 bridgehead atoms. The molecule has 2 N–H and O–H groups in total. The molecule has 0 aliphatic rings. The summed E-state index contributed by atoms with van der Waals surface area (Å²) in [7, 11) is 0. The van der Waals surface area contributed by atoms with Crippen molar-refractivity contribution in [3.05, 3.63) is 66.4 Å². The first-order valence-electron chi connectivity index (χ1n) is 6.38. The SMILES string of the molecule is C=CCNc1ccc(NC(=O)c2ccccc2C)nc1. The summed E-state index contributed by atoms with van der Waals surface area (Å²) in [5, 5.41) is 5.91. The predicted octanol–water partition coefficient (Wildman–Crippen LogP) is 3.24. The number of benzene rings is 1. The quantitative estimate of drug-likeness (QED) is 0.818. The van der Waals surface area contributed by atoms with E-state index in [1.165, 1.54) is 0 Å². The van der Waals surface area contributed by atoms with Gasteiger partial charge in [0.05, 0.1) is 11.9 Å². The Bertz CT molecular complexity index is 605. The van der Waals surface area contributed by atoms with Crippen LogP contribution in [0.25, 0.3) is 0 Å². The average Bonchev–Trinajstić information content (AvgIpc) is 2.47. The van der Waals surface area contributed by atoms with Gasteiger partial charge in [-0.15, -0.1) is 6.58 Å². The topological polar surface area (TPSA) is 54.0 Å². The predicted molar refractivity (Wildman–Crippen MR) is 82.1 cm³/mol. The second-order valence-corrected chi connectivity index (χ2v) is 4.37. The summed E-state index contributed by atoms with van der Waals surface area (Å²) >= 11 is 0. The second-order valence-electron chi connectivity index (χ2n) is 4.37. The van der Waals surface area contributed by atoms with Crippen LogP contribution in [0.4, 0.5) is 11.5 Å². The molecule has 0 atom stereocenters. The van der Waals surface area contributed by atoms with Crippen molar-refractivity contribution in [2.45, 2.75) is 6.92 Å². The summed E-state index contributed by atoms with van der Waals surface area (Å²) in [5.41, 5.74) is 2.48. The van der Waals surface area contributed by atoms with E-state index in [4.69, 9.17) is 0 Å². The van der Waals surface area contributed by atoms with E-state index in [1.807, 2.05) is 31.2 Å². The number of aryl methyl sites for hydroxylation is 1. The monoisotopic (exact) mass is 267 g/mol. The molecule has 0 aliphatic carbocycles. The Balaban J connectivity index is 2.05. The van der Waals surface area contributed by atoms with Crippen molar-refractivity contribution in [3.8, 4) is 0 Å². The zero-order chi connectivity index (χ0) is 14.4. The normalized spacial score (nSPS) is 9.85. The van der Waals surface area contributed by atoms with Gasteiger partial charge in [0.2, 0.25) is 0 Å². The first-order chi connectivity index (χ1) is 9.70. The minimum absolute atomic E-state index is 0.151. The standard InChI is InChI=1S/C16H17N3O/c1-3-10-17-13-8-9-15(18-11-13)19-16(20)14-7-5-4-6-12(14)2/h3-9,11,17H,1,10H2,2H3,(H,18,19,20). The molecular weight excluding hydrogens is 250 g/mol. The first kappa shape index (κ1) is 13.8. The number of aromatic nitrogens is 1. The summed E-state index contributed by atoms with van der Waals surface area (Å²) in [5.74, 6) is 0.379. The third-order valence-corrected chi connectivity index (χ3v) is 2.85. The molecule has 0 radical (unpaired) electrons. The minimum atomic E-state index is -0.151. The van der Waals surface area contributed by atoms with Crippen LogP contribution in [0.2, 0.25) is 0 Å². The van der Waals surface area contributed by atoms with Crippen LogP contribution in [0.15, 0.2) is 55.3 Å². The Kier molecular flexibility index (Phi) is 4.50. The fourth-order valence-electron chi connectivity index (χ4n) is 1.77. The molecule has 1 heterocycles. The molecule has 1 aromatic carbocycles. The van der Waals surface area contributed by atoms with Crippen LogP contribution < -0.4 is 10.6 Å². The molecule has 0 saturated carbocycles. The van der Waals surface area contributed by atoms with Crippen molar-refractivity contribution in [3.63, 3.8) is 0 Å². The van der Waals surface area contributed by atoms with E-state index in [-0.39, 0.29) is 5.91 Å². The summed E-state index contributed by atoms with van der Waals surface area (Å²) < 4.78 is 0. The molecule has 1 amide bonds. The molecule has 2 rings (SSSR count). The van der Waals surface area contributed by atoms with Gasteiger partial charge in [-0.1, -0.05) is 24.3 Å². The summed E-state index contributed by atoms with van der Waals surface area (Å²) in [6.45, 7) is 6.22. The molecule has 20 heavy (non-hydrogen) atoms. The van der Waals surface area contributed by atoms with Gasteiger partial charge in [0, 0.05) is 12.1 Å². The molecule has 2 aromatic rings. The molecule has 0 fully saturated rings. The number of anilines is 2. The third kappa shape index (κ3) is 3.45. The number of hydrogen-bond donors (Lipinski definition) is 2. The highest BCUT2D eigenvalue weighted by atomic mass is 16.1. The van der Waals surface area contributed by atoms with Crippen LogP contribution in [0, 0.1) is 6.92 Å². The molecule has 4 nitrogen and oxygen atoms in total. The molecule has 4 heteroatoms. The molecule has 0 saturated heterocycles. The minimum Gasteiger partial charge on any atom is -0.380 e. The lowest BCUT2D eigenvalue weighted by atomic mass is 10.1. The van der Waals surface area contributed by atoms with Gasteiger partial charge in [-0.3, -0.25) is 4.79 Å². The maximum absolute atomic E-state index is 12.1. The van der Waals surface area contributed by atoms with Crippen molar-refractivity contribution in [2.24, 2.45) is 0 Å². The van der Waals surface area contributed by atoms with Crippen LogP contribution >= 0.6 is 0 Å². The van der Waals surface area contributed by atoms with Gasteiger partial charge in [-0.05, 0) is 30.7 Å². The number of carbonyl (C=O) groups is 1. The molecule has 0 spiro atoms. The van der Waals surface area contributed by atoms with Crippen LogP contribution in [-0.2, 0) is 0 Å². The van der Waals surface area contributed by atoms with Gasteiger partial charge in [-0.2, -0.15) is 0 Å². The highest BCUT2D eigenvalue weighted by Gasteiger charge is 2.08. The lowest BCUT2D eigenvalue weighted by molar-refractivity contribution is 0.102. The van der Waals surface area contributed by atoms with E-state index in [0.29, 0.717) is 17.9 Å². The van der Waals surface area contributed by atoms with Crippen molar-refractivity contribution in [2.75, 3.05) is 17.2 Å². The maximum Gasteiger partial charge on any atom is 0.257 e. The van der Waals surface area contributed by atoms with Gasteiger partial charge in [0.25, 0.3) is 5.91 Å². The van der Waals surface area contributed by atoms with Crippen molar-refractivity contribution in [1.82, 2.24) is 4.98 Å². The lowest BCUT2D eigenvalue weighted by Crippen LogP contribution is -2.14. The summed E-state index contributed by atoms with van der Waals surface area (Å²) in [6, 6.07) is 11.1. The van der Waals surface area contributed by atoms with Crippen LogP contribution in [0.1, 0.15) is 15.9 Å². The zero-order valence-corrected chi connectivity index (χ0v) is 11.4. The largest absolute Gasteiger partial charge is 0.380 e. The van der Waals surface area contributed by atoms with Crippen LogP contribution in [0.5, 0.6) is 0 Å². The smallest absolute Gasteiger partial charge is 0.257 e. The van der Waals surface area contributed by atoms with E-state index in [2.05, 4.69) is 22.2 Å². The molecule has 0 aliphatic heterocycles. The average molecular weight is 267 g/mol. The van der Waals surface area contributed by atoms with Gasteiger partial charge in [0.15, 0.2) is 0 Å². The van der Waals surface area contributed by atoms with E-state index >= 15 is 0 Å². The highest BCUT2D eigenvalue weighted by Crippen LogP contribution is 2.12. The Morgan fingerprint density at radius 3 is 2.75 bits per heavy atom. The van der Waals surface area contributed by atoms with Gasteiger partial charge in [0.1, 0.15) is 5.82 Å². The number of pyridine rings is 1. The van der Waals surface area contributed by atoms with E-state index in [0.717, 1.165) is 11.3 Å². The Morgan fingerprint density at radius 2 is 2.10 bits per heavy atom. The van der Waals surface area contributed by atoms with Crippen molar-refractivity contribution >= 4 is 17.4 Å². The summed E-state index contributed by atoms with van der Waals surface area (Å²) in [6.07, 6.45) is 3.45. The molecule has 102 valence electrons. The van der Waals surface area contributed by atoms with E-state index in [9.17, 15) is 4.79 Å². The third-order valence-electron chi connectivity index (χ3n) is 2.85. The number of nitrogens with zero attached hydrogens (tertiary/aromatic N) is 1. The first-order valence-corrected chi connectivity index (χ1v) is 6.38. The summed E-state index contributed by atoms with van der Waals surface area (Å²) in [4.78, 5) is 16.3. The van der Waals surface area contributed by atoms with Crippen LogP contribution in [-0.4, -0.2) is 17.4 Å². The van der Waals surface area contributed by atoms with Crippen molar-refractivity contribution < 1.29 is 4.79 Å². The number of amides is 1. The number of nitrogens with one attached hydrogen (secondary N) is 2. The molecule has 1 aromatic heterocycles. The van der Waals surface area contributed by atoms with Gasteiger partial charge < -0.3 is 10.6 Å². The fraction of sp³-hybridized carbons (Fsp3) is 0.125. The number of hydrogen-bond acceptors (Lipinski definition) is 3. The second kappa shape index (κ2) is 6.52. The maximum atomic E-state index is 12.1. The van der Waals surface area contributed by atoms with E-state index in [1.54, 1.807) is 24.4 Å².